The van der Waals surface area contributed by atoms with Crippen LogP contribution in [0.2, 0.25) is 0 Å². The first-order chi connectivity index (χ1) is 10.3. The summed E-state index contributed by atoms with van der Waals surface area (Å²) in [6.45, 7) is 3.47. The smallest absolute Gasteiger partial charge is 0.325 e. The largest absolute Gasteiger partial charge is 0.418 e. The van der Waals surface area contributed by atoms with Crippen molar-refractivity contribution in [3.05, 3.63) is 40.9 Å². The van der Waals surface area contributed by atoms with E-state index in [0.717, 1.165) is 11.8 Å². The molecule has 0 spiro atoms. The molecule has 0 bridgehead atoms. The van der Waals surface area contributed by atoms with Gasteiger partial charge in [0, 0.05) is 11.1 Å². The Hall–Kier alpha value is -1.54. The summed E-state index contributed by atoms with van der Waals surface area (Å²) < 4.78 is 39.4. The van der Waals surface area contributed by atoms with Gasteiger partial charge in [-0.25, -0.2) is 4.98 Å². The highest BCUT2D eigenvalue weighted by Gasteiger charge is 2.33. The third-order valence-corrected chi connectivity index (χ3v) is 4.92. The van der Waals surface area contributed by atoms with Crippen molar-refractivity contribution in [2.75, 3.05) is 5.32 Å². The van der Waals surface area contributed by atoms with Crippen LogP contribution in [0.25, 0.3) is 0 Å². The van der Waals surface area contributed by atoms with Crippen molar-refractivity contribution in [1.29, 1.82) is 0 Å². The van der Waals surface area contributed by atoms with Crippen LogP contribution in [0, 0.1) is 6.92 Å². The molecule has 0 fully saturated rings. The maximum absolute atomic E-state index is 12.9. The fourth-order valence-corrected chi connectivity index (χ4v) is 3.65. The highest BCUT2D eigenvalue weighted by molar-refractivity contribution is 8.02. The molecule has 1 aromatic heterocycles. The summed E-state index contributed by atoms with van der Waals surface area (Å²) in [6.07, 6.45) is -4.51. The second kappa shape index (κ2) is 6.70. The number of thioether (sulfide) groups is 1. The summed E-state index contributed by atoms with van der Waals surface area (Å²) in [5.74, 6) is -0.491. The van der Waals surface area contributed by atoms with E-state index in [1.807, 2.05) is 12.3 Å². The Morgan fingerprint density at radius 2 is 2.05 bits per heavy atom. The van der Waals surface area contributed by atoms with Gasteiger partial charge in [0.25, 0.3) is 0 Å². The molecule has 2 rings (SSSR count). The fraction of sp³-hybridized carbons (Fsp3) is 0.286. The lowest BCUT2D eigenvalue weighted by molar-refractivity contribution is -0.137. The zero-order chi connectivity index (χ0) is 16.3. The number of aromatic nitrogens is 1. The van der Waals surface area contributed by atoms with Gasteiger partial charge in [0.05, 0.1) is 16.5 Å². The number of nitrogens with zero attached hydrogens (tertiary/aromatic N) is 1. The first-order valence-electron chi connectivity index (χ1n) is 6.33. The van der Waals surface area contributed by atoms with E-state index in [0.29, 0.717) is 4.34 Å². The molecule has 1 heterocycles. The molecule has 0 aliphatic carbocycles. The highest BCUT2D eigenvalue weighted by Crippen LogP contribution is 2.35. The average molecular weight is 346 g/mol. The number of halogens is 3. The van der Waals surface area contributed by atoms with Gasteiger partial charge in [0.1, 0.15) is 0 Å². The molecule has 2 aromatic rings. The Kier molecular flexibility index (Phi) is 5.12. The molecular weight excluding hydrogens is 333 g/mol. The lowest BCUT2D eigenvalue weighted by atomic mass is 10.1. The predicted molar refractivity (Wildman–Crippen MR) is 82.2 cm³/mol. The van der Waals surface area contributed by atoms with E-state index in [9.17, 15) is 18.0 Å². The van der Waals surface area contributed by atoms with E-state index < -0.39 is 22.9 Å². The second-order valence-corrected chi connectivity index (χ2v) is 6.99. The van der Waals surface area contributed by atoms with Crippen LogP contribution in [0.5, 0.6) is 0 Å². The molecule has 0 radical (unpaired) electrons. The number of anilines is 1. The number of rotatable bonds is 4. The van der Waals surface area contributed by atoms with Gasteiger partial charge >= 0.3 is 6.18 Å². The van der Waals surface area contributed by atoms with Crippen LogP contribution in [-0.4, -0.2) is 16.1 Å². The Bertz CT molecular complexity index is 670. The molecule has 1 N–H and O–H groups in total. The summed E-state index contributed by atoms with van der Waals surface area (Å²) >= 11 is 2.62. The van der Waals surface area contributed by atoms with Crippen LogP contribution < -0.4 is 5.32 Å². The van der Waals surface area contributed by atoms with Gasteiger partial charge in [-0.3, -0.25) is 4.79 Å². The minimum atomic E-state index is -4.51. The number of para-hydroxylation sites is 1. The first-order valence-corrected chi connectivity index (χ1v) is 8.09. The van der Waals surface area contributed by atoms with Crippen LogP contribution in [-0.2, 0) is 11.0 Å². The molecule has 8 heteroatoms. The Morgan fingerprint density at radius 1 is 1.36 bits per heavy atom. The Labute approximate surface area is 134 Å². The zero-order valence-electron chi connectivity index (χ0n) is 11.8. The number of amides is 1. The molecule has 3 nitrogen and oxygen atoms in total. The molecule has 22 heavy (non-hydrogen) atoms. The minimum absolute atomic E-state index is 0.234. The summed E-state index contributed by atoms with van der Waals surface area (Å²) in [4.78, 5) is 16.3. The lowest BCUT2D eigenvalue weighted by Gasteiger charge is -2.15. The first kappa shape index (κ1) is 16.8. The number of hydrogen-bond donors (Lipinski definition) is 1. The molecule has 118 valence electrons. The van der Waals surface area contributed by atoms with Crippen molar-refractivity contribution in [1.82, 2.24) is 4.98 Å². The van der Waals surface area contributed by atoms with Crippen molar-refractivity contribution in [2.45, 2.75) is 29.6 Å². The van der Waals surface area contributed by atoms with Crippen molar-refractivity contribution < 1.29 is 18.0 Å². The molecule has 1 aromatic carbocycles. The summed E-state index contributed by atoms with van der Waals surface area (Å²) in [7, 11) is 0. The van der Waals surface area contributed by atoms with Crippen molar-refractivity contribution in [3.63, 3.8) is 0 Å². The van der Waals surface area contributed by atoms with Crippen molar-refractivity contribution >= 4 is 34.7 Å². The van der Waals surface area contributed by atoms with Gasteiger partial charge in [-0.2, -0.15) is 13.2 Å². The maximum atomic E-state index is 12.9. The Balaban J connectivity index is 2.09. The van der Waals surface area contributed by atoms with Crippen LogP contribution in [0.3, 0.4) is 0 Å². The molecule has 0 saturated heterocycles. The standard InChI is InChI=1S/C14H13F3N2OS2/c1-8-7-21-13(18-8)22-9(2)12(20)19-11-6-4-3-5-10(11)14(15,16)17/h3-7,9H,1-2H3,(H,19,20). The van der Waals surface area contributed by atoms with E-state index in [2.05, 4.69) is 10.3 Å². The molecular formula is C14H13F3N2OS2. The van der Waals surface area contributed by atoms with E-state index in [1.165, 1.54) is 41.3 Å². The van der Waals surface area contributed by atoms with E-state index >= 15 is 0 Å². The SMILES string of the molecule is Cc1csc(SC(C)C(=O)Nc2ccccc2C(F)(F)F)n1. The minimum Gasteiger partial charge on any atom is -0.325 e. The monoisotopic (exact) mass is 346 g/mol. The van der Waals surface area contributed by atoms with Gasteiger partial charge in [-0.05, 0) is 26.0 Å². The number of carbonyl (C=O) groups is 1. The number of nitrogens with one attached hydrogen (secondary N) is 1. The fourth-order valence-electron chi connectivity index (χ4n) is 1.66. The number of alkyl halides is 3. The average Bonchev–Trinajstić information content (AvgIpc) is 2.83. The Morgan fingerprint density at radius 3 is 2.64 bits per heavy atom. The predicted octanol–water partition coefficient (Wildman–Crippen LogP) is 4.59. The van der Waals surface area contributed by atoms with Crippen LogP contribution in [0.15, 0.2) is 34.0 Å². The van der Waals surface area contributed by atoms with Crippen molar-refractivity contribution in [2.24, 2.45) is 0 Å². The second-order valence-electron chi connectivity index (χ2n) is 4.55. The van der Waals surface area contributed by atoms with Crippen LogP contribution in [0.1, 0.15) is 18.2 Å². The summed E-state index contributed by atoms with van der Waals surface area (Å²) in [5.41, 5.74) is -0.240. The lowest BCUT2D eigenvalue weighted by Crippen LogP contribution is -2.24. The topological polar surface area (TPSA) is 42.0 Å². The van der Waals surface area contributed by atoms with Crippen LogP contribution in [0.4, 0.5) is 18.9 Å². The third kappa shape index (κ3) is 4.23. The zero-order valence-corrected chi connectivity index (χ0v) is 13.4. The molecule has 1 amide bonds. The number of thiazole rings is 1. The van der Waals surface area contributed by atoms with E-state index in [4.69, 9.17) is 0 Å². The van der Waals surface area contributed by atoms with E-state index in [1.54, 1.807) is 6.92 Å². The maximum Gasteiger partial charge on any atom is 0.418 e. The number of carbonyl (C=O) groups excluding carboxylic acids is 1. The van der Waals surface area contributed by atoms with Gasteiger partial charge in [0.15, 0.2) is 4.34 Å². The molecule has 0 aliphatic heterocycles. The van der Waals surface area contributed by atoms with Crippen LogP contribution >= 0.6 is 23.1 Å². The van der Waals surface area contributed by atoms with Gasteiger partial charge in [0.2, 0.25) is 5.91 Å². The number of hydrogen-bond acceptors (Lipinski definition) is 4. The normalized spacial score (nSPS) is 13.0. The van der Waals surface area contributed by atoms with Gasteiger partial charge < -0.3 is 5.32 Å². The third-order valence-electron chi connectivity index (χ3n) is 2.74. The molecule has 0 saturated carbocycles. The summed E-state index contributed by atoms with van der Waals surface area (Å²) in [6, 6.07) is 4.92. The molecule has 1 unspecified atom stereocenters. The van der Waals surface area contributed by atoms with Gasteiger partial charge in [-0.15, -0.1) is 11.3 Å². The highest BCUT2D eigenvalue weighted by atomic mass is 32.2. The van der Waals surface area contributed by atoms with Gasteiger partial charge in [-0.1, -0.05) is 23.9 Å². The summed E-state index contributed by atoms with van der Waals surface area (Å²) in [5, 5.41) is 3.64. The van der Waals surface area contributed by atoms with E-state index in [-0.39, 0.29) is 5.69 Å². The molecule has 0 aliphatic rings. The number of benzene rings is 1. The van der Waals surface area contributed by atoms with Crippen molar-refractivity contribution in [3.8, 4) is 0 Å². The quantitative estimate of drug-likeness (QED) is 0.824. The number of aryl methyl sites for hydroxylation is 1. The molecule has 1 atom stereocenters.